The molecule has 0 bridgehead atoms. The summed E-state index contributed by atoms with van der Waals surface area (Å²) in [7, 11) is 0. The van der Waals surface area contributed by atoms with Gasteiger partial charge in [-0.2, -0.15) is 0 Å². The quantitative estimate of drug-likeness (QED) is 0.274. The molecular weight excluding hydrogens is 448 g/mol. The van der Waals surface area contributed by atoms with Gasteiger partial charge in [0.15, 0.2) is 0 Å². The Labute approximate surface area is 184 Å². The van der Waals surface area contributed by atoms with Crippen molar-refractivity contribution in [2.75, 3.05) is 0 Å². The van der Waals surface area contributed by atoms with Crippen LogP contribution in [0.4, 0.5) is 0 Å². The monoisotopic (exact) mass is 473 g/mol. The molecule has 0 N–H and O–H groups in total. The molecule has 0 saturated heterocycles. The van der Waals surface area contributed by atoms with E-state index in [4.69, 9.17) is 12.3 Å². The van der Waals surface area contributed by atoms with Gasteiger partial charge >= 0.3 is 0 Å². The molecule has 128 valence electrons. The standard InChI is InChI=1S/2C12H9Br/c2*13-12-8-4-7-11(9-12)10-5-2-1-3-6-10/h2*1-9H/i1D,2D,3D,4D,5D,6D,7D,8D,9D;. The van der Waals surface area contributed by atoms with Crippen LogP contribution in [0.15, 0.2) is 118 Å². The van der Waals surface area contributed by atoms with Crippen LogP contribution in [0.3, 0.4) is 0 Å². The summed E-state index contributed by atoms with van der Waals surface area (Å²) in [4.78, 5) is 0. The summed E-state index contributed by atoms with van der Waals surface area (Å²) in [6.07, 6.45) is 0. The van der Waals surface area contributed by atoms with Gasteiger partial charge in [0.05, 0.1) is 12.3 Å². The molecule has 0 atom stereocenters. The molecule has 0 amide bonds. The van der Waals surface area contributed by atoms with Crippen molar-refractivity contribution in [3.05, 3.63) is 118 Å². The van der Waals surface area contributed by atoms with Gasteiger partial charge in [0.1, 0.15) is 0 Å². The maximum Gasteiger partial charge on any atom is 0.0641 e. The summed E-state index contributed by atoms with van der Waals surface area (Å²) in [5, 5.41) is 0. The lowest BCUT2D eigenvalue weighted by molar-refractivity contribution is 1.59. The van der Waals surface area contributed by atoms with Crippen molar-refractivity contribution in [2.45, 2.75) is 0 Å². The van der Waals surface area contributed by atoms with E-state index in [1.54, 1.807) is 0 Å². The fourth-order valence-electron chi connectivity index (χ4n) is 2.12. The smallest absolute Gasteiger partial charge is 0.0622 e. The molecule has 4 aromatic rings. The number of hydrogen-bond acceptors (Lipinski definition) is 0. The molecule has 0 spiro atoms. The van der Waals surface area contributed by atoms with E-state index in [2.05, 4.69) is 68.3 Å². The number of benzene rings is 4. The Hall–Kier alpha value is -2.16. The van der Waals surface area contributed by atoms with Crippen molar-refractivity contribution in [1.82, 2.24) is 0 Å². The van der Waals surface area contributed by atoms with E-state index >= 15 is 0 Å². The van der Waals surface area contributed by atoms with E-state index in [1.165, 1.54) is 11.1 Å². The SMILES string of the molecule is Brc1cccc(-c2ccccc2)c1.[2H]c1c([2H])c([2H])c(-c2c([2H])c([2H])c([2H])c(Br)c2[2H])c([2H])c1[2H]. The topological polar surface area (TPSA) is 0 Å². The van der Waals surface area contributed by atoms with Crippen LogP contribution in [0.25, 0.3) is 22.3 Å². The highest BCUT2D eigenvalue weighted by molar-refractivity contribution is 9.10. The maximum absolute atomic E-state index is 7.99. The molecule has 2 heteroatoms. The van der Waals surface area contributed by atoms with Gasteiger partial charge in [-0.15, -0.1) is 0 Å². The van der Waals surface area contributed by atoms with Crippen LogP contribution in [-0.2, 0) is 0 Å². The minimum Gasteiger partial charge on any atom is -0.0622 e. The third kappa shape index (κ3) is 5.42. The van der Waals surface area contributed by atoms with Gasteiger partial charge in [-0.25, -0.2) is 0 Å². The van der Waals surface area contributed by atoms with E-state index in [9.17, 15) is 0 Å². The second-order valence-electron chi connectivity index (χ2n) is 5.07. The Morgan fingerprint density at radius 1 is 0.538 bits per heavy atom. The van der Waals surface area contributed by atoms with E-state index in [-0.39, 0.29) is 27.7 Å². The van der Waals surface area contributed by atoms with Gasteiger partial charge in [-0.05, 0) is 46.5 Å². The predicted molar refractivity (Wildman–Crippen MR) is 119 cm³/mol. The minimum absolute atomic E-state index is 0.0599. The zero-order chi connectivity index (χ0) is 26.0. The number of rotatable bonds is 2. The van der Waals surface area contributed by atoms with Crippen LogP contribution in [0.2, 0.25) is 0 Å². The third-order valence-electron chi connectivity index (χ3n) is 3.28. The highest BCUT2D eigenvalue weighted by atomic mass is 79.9. The molecule has 26 heavy (non-hydrogen) atoms. The van der Waals surface area contributed by atoms with Crippen molar-refractivity contribution in [1.29, 1.82) is 0 Å². The van der Waals surface area contributed by atoms with Crippen molar-refractivity contribution < 1.29 is 12.3 Å². The van der Waals surface area contributed by atoms with Crippen LogP contribution in [0.5, 0.6) is 0 Å². The molecule has 0 fully saturated rings. The largest absolute Gasteiger partial charge is 0.0641 e. The predicted octanol–water partition coefficient (Wildman–Crippen LogP) is 8.23. The van der Waals surface area contributed by atoms with Crippen LogP contribution in [0, 0.1) is 0 Å². The second-order valence-corrected chi connectivity index (χ2v) is 6.77. The van der Waals surface area contributed by atoms with E-state index in [0.717, 1.165) is 4.47 Å². The van der Waals surface area contributed by atoms with Gasteiger partial charge in [-0.3, -0.25) is 0 Å². The molecule has 4 aromatic carbocycles. The zero-order valence-corrected chi connectivity index (χ0v) is 16.6. The summed E-state index contributed by atoms with van der Waals surface area (Å²) in [5.41, 5.74) is 1.93. The molecular formula is C24H18Br2. The first kappa shape index (κ1) is 10.2. The van der Waals surface area contributed by atoms with Crippen LogP contribution < -0.4 is 0 Å². The van der Waals surface area contributed by atoms with Gasteiger partial charge < -0.3 is 0 Å². The Morgan fingerprint density at radius 3 is 1.96 bits per heavy atom. The van der Waals surface area contributed by atoms with Gasteiger partial charge in [0.2, 0.25) is 0 Å². The average molecular weight is 475 g/mol. The molecule has 0 nitrogen and oxygen atoms in total. The lowest BCUT2D eigenvalue weighted by Crippen LogP contribution is -1.75. The van der Waals surface area contributed by atoms with Crippen molar-refractivity contribution in [3.63, 3.8) is 0 Å². The lowest BCUT2D eigenvalue weighted by atomic mass is 10.1. The highest BCUT2D eigenvalue weighted by Gasteiger charge is 1.96. The first-order chi connectivity index (χ1) is 16.5. The first-order valence-corrected chi connectivity index (χ1v) is 9.20. The Bertz CT molecular complexity index is 1280. The van der Waals surface area contributed by atoms with E-state index in [0.29, 0.717) is 0 Å². The number of hydrogen-bond donors (Lipinski definition) is 0. The van der Waals surface area contributed by atoms with Crippen molar-refractivity contribution >= 4 is 31.9 Å². The zero-order valence-electron chi connectivity index (χ0n) is 22.5. The minimum atomic E-state index is -0.576. The van der Waals surface area contributed by atoms with Gasteiger partial charge in [0, 0.05) is 8.95 Å². The Balaban J connectivity index is 0.000000223. The lowest BCUT2D eigenvalue weighted by Gasteiger charge is -2.00. The van der Waals surface area contributed by atoms with Gasteiger partial charge in [-0.1, -0.05) is 117 Å². The summed E-state index contributed by atoms with van der Waals surface area (Å²) < 4.78 is 71.0. The summed E-state index contributed by atoms with van der Waals surface area (Å²) in [6.45, 7) is 0. The molecule has 0 aliphatic carbocycles. The van der Waals surface area contributed by atoms with E-state index < -0.39 is 42.3 Å². The fourth-order valence-corrected chi connectivity index (χ4v) is 2.82. The molecule has 0 aliphatic rings. The Morgan fingerprint density at radius 2 is 1.23 bits per heavy atom. The maximum atomic E-state index is 7.99. The third-order valence-corrected chi connectivity index (χ3v) is 4.17. The number of halogens is 2. The molecule has 0 unspecified atom stereocenters. The summed E-state index contributed by atoms with van der Waals surface area (Å²) >= 11 is 6.44. The molecule has 4 rings (SSSR count). The van der Waals surface area contributed by atoms with E-state index in [1.807, 2.05) is 18.2 Å². The molecule has 0 saturated carbocycles. The normalized spacial score (nSPS) is 14.8. The first-order valence-electron chi connectivity index (χ1n) is 12.1. The highest BCUT2D eigenvalue weighted by Crippen LogP contribution is 2.23. The van der Waals surface area contributed by atoms with Crippen LogP contribution in [-0.4, -0.2) is 0 Å². The summed E-state index contributed by atoms with van der Waals surface area (Å²) in [5.74, 6) is 0. The second kappa shape index (κ2) is 9.51. The molecule has 0 aromatic heterocycles. The van der Waals surface area contributed by atoms with Crippen molar-refractivity contribution in [2.24, 2.45) is 0 Å². The molecule has 0 radical (unpaired) electrons. The van der Waals surface area contributed by atoms with Crippen molar-refractivity contribution in [3.8, 4) is 22.3 Å². The Kier molecular flexibility index (Phi) is 3.75. The van der Waals surface area contributed by atoms with Gasteiger partial charge in [0.25, 0.3) is 0 Å². The molecule has 0 heterocycles. The van der Waals surface area contributed by atoms with Crippen LogP contribution >= 0.6 is 31.9 Å². The average Bonchev–Trinajstić information content (AvgIpc) is 2.87. The summed E-state index contributed by atoms with van der Waals surface area (Å²) in [6, 6.07) is 14.1. The van der Waals surface area contributed by atoms with Crippen LogP contribution in [0.1, 0.15) is 12.3 Å². The fraction of sp³-hybridized carbons (Fsp3) is 0. The molecule has 0 aliphatic heterocycles.